The maximum atomic E-state index is 11.8. The van der Waals surface area contributed by atoms with Crippen LogP contribution in [0.25, 0.3) is 0 Å². The van der Waals surface area contributed by atoms with Gasteiger partial charge in [0, 0.05) is 10.1 Å². The monoisotopic (exact) mass is 284 g/mol. The second-order valence-corrected chi connectivity index (χ2v) is 4.67. The Kier molecular flexibility index (Phi) is 3.50. The zero-order valence-corrected chi connectivity index (χ0v) is 10.7. The van der Waals surface area contributed by atoms with E-state index in [1.165, 1.54) is 24.3 Å². The van der Waals surface area contributed by atoms with Crippen LogP contribution in [0.3, 0.4) is 0 Å². The standard InChI is InChI=1S/C12H10Cl2N2O2/c13-6-1-2-11(17)9(4-6)16-10-5-7(14)3-8(15)12(10)18/h1-5,10,16-17H,15H2. The molecule has 0 bridgehead atoms. The van der Waals surface area contributed by atoms with Crippen molar-refractivity contribution < 1.29 is 9.90 Å². The molecule has 1 atom stereocenters. The molecule has 0 heterocycles. The Hall–Kier alpha value is -1.65. The van der Waals surface area contributed by atoms with Gasteiger partial charge in [0.05, 0.1) is 11.4 Å². The van der Waals surface area contributed by atoms with Gasteiger partial charge in [-0.1, -0.05) is 23.2 Å². The molecule has 0 spiro atoms. The first-order valence-corrected chi connectivity index (χ1v) is 5.87. The molecule has 1 aromatic rings. The van der Waals surface area contributed by atoms with Crippen molar-refractivity contribution in [2.45, 2.75) is 6.04 Å². The summed E-state index contributed by atoms with van der Waals surface area (Å²) >= 11 is 11.6. The van der Waals surface area contributed by atoms with E-state index >= 15 is 0 Å². The van der Waals surface area contributed by atoms with Crippen LogP contribution in [-0.4, -0.2) is 16.9 Å². The number of phenols is 1. The highest BCUT2D eigenvalue weighted by Gasteiger charge is 2.23. The van der Waals surface area contributed by atoms with Crippen LogP contribution in [-0.2, 0) is 4.79 Å². The van der Waals surface area contributed by atoms with Gasteiger partial charge >= 0.3 is 0 Å². The van der Waals surface area contributed by atoms with E-state index in [1.54, 1.807) is 6.07 Å². The van der Waals surface area contributed by atoms with Crippen LogP contribution in [0.4, 0.5) is 5.69 Å². The first-order valence-electron chi connectivity index (χ1n) is 5.11. The fourth-order valence-electron chi connectivity index (χ4n) is 1.58. The number of nitrogens with two attached hydrogens (primary N) is 1. The Morgan fingerprint density at radius 2 is 2.06 bits per heavy atom. The van der Waals surface area contributed by atoms with E-state index in [0.29, 0.717) is 15.7 Å². The SMILES string of the molecule is NC1=CC(Cl)=CC(Nc2cc(Cl)ccc2O)C1=O. The molecule has 4 nitrogen and oxygen atoms in total. The Labute approximate surface area is 114 Å². The summed E-state index contributed by atoms with van der Waals surface area (Å²) in [5, 5.41) is 13.3. The zero-order chi connectivity index (χ0) is 13.3. The number of rotatable bonds is 2. The normalized spacial score (nSPS) is 19.2. The van der Waals surface area contributed by atoms with E-state index in [1.807, 2.05) is 0 Å². The smallest absolute Gasteiger partial charge is 0.204 e. The molecule has 0 saturated heterocycles. The predicted octanol–water partition coefficient (Wildman–Crippen LogP) is 2.37. The molecule has 18 heavy (non-hydrogen) atoms. The van der Waals surface area contributed by atoms with Crippen molar-refractivity contribution in [1.82, 2.24) is 0 Å². The molecule has 1 aromatic carbocycles. The summed E-state index contributed by atoms with van der Waals surface area (Å²) in [5.74, 6) is -0.316. The molecule has 0 radical (unpaired) electrons. The van der Waals surface area contributed by atoms with Gasteiger partial charge < -0.3 is 16.2 Å². The molecule has 94 valence electrons. The minimum absolute atomic E-state index is 0.00940. The summed E-state index contributed by atoms with van der Waals surface area (Å²) in [5.41, 5.74) is 5.95. The van der Waals surface area contributed by atoms with Gasteiger partial charge in [-0.3, -0.25) is 4.79 Å². The lowest BCUT2D eigenvalue weighted by Gasteiger charge is -2.19. The lowest BCUT2D eigenvalue weighted by molar-refractivity contribution is -0.115. The average molecular weight is 285 g/mol. The van der Waals surface area contributed by atoms with Gasteiger partial charge in [-0.25, -0.2) is 0 Å². The van der Waals surface area contributed by atoms with Gasteiger partial charge in [-0.2, -0.15) is 0 Å². The highest BCUT2D eigenvalue weighted by molar-refractivity contribution is 6.32. The summed E-state index contributed by atoms with van der Waals surface area (Å²) in [4.78, 5) is 11.8. The van der Waals surface area contributed by atoms with Gasteiger partial charge in [-0.15, -0.1) is 0 Å². The van der Waals surface area contributed by atoms with Crippen LogP contribution in [0, 0.1) is 0 Å². The van der Waals surface area contributed by atoms with E-state index in [4.69, 9.17) is 28.9 Å². The Morgan fingerprint density at radius 3 is 2.78 bits per heavy atom. The van der Waals surface area contributed by atoms with Crippen molar-refractivity contribution in [3.63, 3.8) is 0 Å². The summed E-state index contributed by atoms with van der Waals surface area (Å²) in [6, 6.07) is 3.77. The minimum Gasteiger partial charge on any atom is -0.506 e. The minimum atomic E-state index is -0.716. The fourth-order valence-corrected chi connectivity index (χ4v) is 2.00. The number of anilines is 1. The number of phenolic OH excluding ortho intramolecular Hbond substituents is 1. The largest absolute Gasteiger partial charge is 0.506 e. The molecule has 1 aliphatic rings. The van der Waals surface area contributed by atoms with Crippen molar-refractivity contribution in [2.24, 2.45) is 5.73 Å². The van der Waals surface area contributed by atoms with E-state index in [-0.39, 0.29) is 17.2 Å². The van der Waals surface area contributed by atoms with Gasteiger partial charge in [0.25, 0.3) is 0 Å². The number of benzene rings is 1. The number of carbonyl (C=O) groups is 1. The third-order valence-electron chi connectivity index (χ3n) is 2.46. The number of carbonyl (C=O) groups excluding carboxylic acids is 1. The highest BCUT2D eigenvalue weighted by Crippen LogP contribution is 2.28. The van der Waals surface area contributed by atoms with Crippen LogP contribution < -0.4 is 11.1 Å². The summed E-state index contributed by atoms with van der Waals surface area (Å²) in [6.07, 6.45) is 2.90. The molecule has 0 fully saturated rings. The molecule has 0 aromatic heterocycles. The van der Waals surface area contributed by atoms with Crippen molar-refractivity contribution >= 4 is 34.7 Å². The number of aromatic hydroxyl groups is 1. The number of ketones is 1. The quantitative estimate of drug-likeness (QED) is 0.729. The van der Waals surface area contributed by atoms with Crippen LogP contribution in [0.2, 0.25) is 5.02 Å². The number of nitrogens with one attached hydrogen (secondary N) is 1. The van der Waals surface area contributed by atoms with E-state index in [9.17, 15) is 9.90 Å². The second kappa shape index (κ2) is 4.92. The predicted molar refractivity (Wildman–Crippen MR) is 71.7 cm³/mol. The molecular weight excluding hydrogens is 275 g/mol. The van der Waals surface area contributed by atoms with Gasteiger partial charge in [-0.05, 0) is 30.4 Å². The van der Waals surface area contributed by atoms with Crippen LogP contribution >= 0.6 is 23.2 Å². The number of hydrogen-bond donors (Lipinski definition) is 3. The first-order chi connectivity index (χ1) is 8.47. The van der Waals surface area contributed by atoms with Crippen LogP contribution in [0.5, 0.6) is 5.75 Å². The number of Topliss-reactive ketones (excluding diaryl/α,β-unsaturated/α-hetero) is 1. The topological polar surface area (TPSA) is 75.3 Å². The highest BCUT2D eigenvalue weighted by atomic mass is 35.5. The molecule has 6 heteroatoms. The zero-order valence-electron chi connectivity index (χ0n) is 9.15. The van der Waals surface area contributed by atoms with Crippen LogP contribution in [0.15, 0.2) is 41.1 Å². The summed E-state index contributed by atoms with van der Waals surface area (Å²) < 4.78 is 0. The summed E-state index contributed by atoms with van der Waals surface area (Å²) in [6.45, 7) is 0. The first kappa shape index (κ1) is 12.8. The average Bonchev–Trinajstić information content (AvgIpc) is 2.30. The molecule has 0 aliphatic heterocycles. The number of hydrogen-bond acceptors (Lipinski definition) is 4. The molecule has 0 saturated carbocycles. The molecule has 4 N–H and O–H groups in total. The second-order valence-electron chi connectivity index (χ2n) is 3.80. The molecular formula is C12H10Cl2N2O2. The van der Waals surface area contributed by atoms with Crippen molar-refractivity contribution in [3.8, 4) is 5.75 Å². The number of halogens is 2. The number of allylic oxidation sites excluding steroid dienone is 2. The van der Waals surface area contributed by atoms with Gasteiger partial charge in [0.15, 0.2) is 0 Å². The lowest BCUT2D eigenvalue weighted by atomic mass is 10.0. The summed E-state index contributed by atoms with van der Waals surface area (Å²) in [7, 11) is 0. The maximum Gasteiger partial charge on any atom is 0.204 e. The Bertz CT molecular complexity index is 567. The van der Waals surface area contributed by atoms with Gasteiger partial charge in [0.2, 0.25) is 5.78 Å². The Morgan fingerprint density at radius 1 is 1.33 bits per heavy atom. The molecule has 1 unspecified atom stereocenters. The molecule has 0 amide bonds. The molecule has 1 aliphatic carbocycles. The van der Waals surface area contributed by atoms with Crippen molar-refractivity contribution in [1.29, 1.82) is 0 Å². The third kappa shape index (κ3) is 2.60. The van der Waals surface area contributed by atoms with Crippen LogP contribution in [0.1, 0.15) is 0 Å². The van der Waals surface area contributed by atoms with E-state index < -0.39 is 6.04 Å². The lowest BCUT2D eigenvalue weighted by Crippen LogP contribution is -2.33. The Balaban J connectivity index is 2.27. The van der Waals surface area contributed by atoms with Crippen molar-refractivity contribution in [3.05, 3.63) is 46.1 Å². The van der Waals surface area contributed by atoms with E-state index in [0.717, 1.165) is 0 Å². The molecule has 2 rings (SSSR count). The maximum absolute atomic E-state index is 11.8. The fraction of sp³-hybridized carbons (Fsp3) is 0.0833. The third-order valence-corrected chi connectivity index (χ3v) is 2.93. The van der Waals surface area contributed by atoms with E-state index in [2.05, 4.69) is 5.32 Å². The van der Waals surface area contributed by atoms with Gasteiger partial charge in [0.1, 0.15) is 11.8 Å². The van der Waals surface area contributed by atoms with Crippen molar-refractivity contribution in [2.75, 3.05) is 5.32 Å².